The Kier molecular flexibility index (Phi) is 1.88. The highest BCUT2D eigenvalue weighted by molar-refractivity contribution is 5.08. The van der Waals surface area contributed by atoms with E-state index in [0.29, 0.717) is 11.5 Å². The van der Waals surface area contributed by atoms with Gasteiger partial charge in [-0.25, -0.2) is 0 Å². The fourth-order valence-electron chi connectivity index (χ4n) is 3.51. The van der Waals surface area contributed by atoms with Crippen LogP contribution in [-0.4, -0.2) is 39.8 Å². The second-order valence-electron chi connectivity index (χ2n) is 6.12. The number of rotatable bonds is 3. The van der Waals surface area contributed by atoms with E-state index in [9.17, 15) is 0 Å². The first kappa shape index (κ1) is 10.1. The molecule has 0 atom stereocenters. The largest absolute Gasteiger partial charge is 0.302 e. The summed E-state index contributed by atoms with van der Waals surface area (Å²) in [4.78, 5) is 7.42. The predicted molar refractivity (Wildman–Crippen MR) is 62.5 cm³/mol. The molecule has 3 aliphatic rings. The molecule has 1 aliphatic heterocycles. The van der Waals surface area contributed by atoms with Gasteiger partial charge in [0.1, 0.15) is 5.82 Å². The third-order valence-corrected chi connectivity index (χ3v) is 4.73. The van der Waals surface area contributed by atoms with Crippen LogP contribution in [0.2, 0.25) is 0 Å². The third-order valence-electron chi connectivity index (χ3n) is 4.73. The second kappa shape index (κ2) is 3.14. The number of hydroxylamine groups is 2. The summed E-state index contributed by atoms with van der Waals surface area (Å²) in [7, 11) is 3.92. The first-order chi connectivity index (χ1) is 8.21. The van der Waals surface area contributed by atoms with Crippen LogP contribution < -0.4 is 0 Å². The zero-order chi connectivity index (χ0) is 11.6. The van der Waals surface area contributed by atoms with Crippen molar-refractivity contribution in [3.63, 3.8) is 0 Å². The van der Waals surface area contributed by atoms with Gasteiger partial charge in [-0.1, -0.05) is 0 Å². The molecule has 3 fully saturated rings. The van der Waals surface area contributed by atoms with Crippen LogP contribution in [0.15, 0.2) is 0 Å². The fourth-order valence-corrected chi connectivity index (χ4v) is 3.51. The lowest BCUT2D eigenvalue weighted by Crippen LogP contribution is -2.62. The van der Waals surface area contributed by atoms with E-state index in [2.05, 4.69) is 26.7 Å². The Labute approximate surface area is 101 Å². The summed E-state index contributed by atoms with van der Waals surface area (Å²) in [6.45, 7) is 2.22. The van der Waals surface area contributed by atoms with Crippen molar-refractivity contribution >= 4 is 0 Å². The molecule has 2 saturated carbocycles. The van der Waals surface area contributed by atoms with Gasteiger partial charge in [-0.05, 0) is 25.7 Å². The van der Waals surface area contributed by atoms with Crippen LogP contribution in [0.1, 0.15) is 43.5 Å². The molecule has 5 heteroatoms. The van der Waals surface area contributed by atoms with Gasteiger partial charge in [0.2, 0.25) is 0 Å². The van der Waals surface area contributed by atoms with Gasteiger partial charge in [0.05, 0.1) is 13.2 Å². The van der Waals surface area contributed by atoms with Crippen LogP contribution in [0, 0.1) is 5.41 Å². The van der Waals surface area contributed by atoms with Gasteiger partial charge in [-0.3, -0.25) is 4.68 Å². The lowest BCUT2D eigenvalue weighted by Gasteiger charge is -2.58. The minimum atomic E-state index is 0.548. The molecule has 17 heavy (non-hydrogen) atoms. The number of hydrogen-bond acceptors (Lipinski definition) is 3. The van der Waals surface area contributed by atoms with Crippen molar-refractivity contribution in [2.75, 3.05) is 20.2 Å². The van der Waals surface area contributed by atoms with Crippen molar-refractivity contribution < 1.29 is 4.84 Å². The van der Waals surface area contributed by atoms with E-state index in [1.54, 1.807) is 7.11 Å². The summed E-state index contributed by atoms with van der Waals surface area (Å²) < 4.78 is 2.28. The van der Waals surface area contributed by atoms with Crippen molar-refractivity contribution in [3.8, 4) is 0 Å². The maximum Gasteiger partial charge on any atom is 0.149 e. The molecular formula is C12H20N4O. The Balaban J connectivity index is 1.38. The van der Waals surface area contributed by atoms with Gasteiger partial charge < -0.3 is 4.84 Å². The summed E-state index contributed by atoms with van der Waals surface area (Å²) in [6.07, 6.45) is 5.24. The molecule has 1 aromatic heterocycles. The zero-order valence-corrected chi connectivity index (χ0v) is 10.6. The molecule has 0 N–H and O–H groups in total. The van der Waals surface area contributed by atoms with E-state index < -0.39 is 0 Å². The maximum atomic E-state index is 5.21. The van der Waals surface area contributed by atoms with Crippen LogP contribution in [0.4, 0.5) is 0 Å². The fraction of sp³-hybridized carbons (Fsp3) is 0.917. The molecule has 0 radical (unpaired) electrons. The standard InChI is InChI=1S/C12H20N4O/c1-14-11(9-3-4-9)13-16(14)10-5-12(6-10)7-15(8-12)17-2/h9-10H,3-8H2,1-2H3. The van der Waals surface area contributed by atoms with Crippen LogP contribution in [-0.2, 0) is 11.9 Å². The molecule has 5 nitrogen and oxygen atoms in total. The van der Waals surface area contributed by atoms with Gasteiger partial charge in [0, 0.05) is 31.5 Å². The molecular weight excluding hydrogens is 216 g/mol. The highest BCUT2D eigenvalue weighted by atomic mass is 16.7. The van der Waals surface area contributed by atoms with Crippen LogP contribution in [0.25, 0.3) is 0 Å². The summed E-state index contributed by atoms with van der Waals surface area (Å²) in [6, 6.07) is 0.640. The van der Waals surface area contributed by atoms with Crippen molar-refractivity contribution in [2.45, 2.75) is 37.6 Å². The summed E-state index contributed by atoms with van der Waals surface area (Å²) in [5.41, 5.74) is 0.548. The lowest BCUT2D eigenvalue weighted by atomic mass is 9.61. The Morgan fingerprint density at radius 1 is 1.29 bits per heavy atom. The molecule has 1 aromatic rings. The van der Waals surface area contributed by atoms with E-state index in [1.807, 2.05) is 0 Å². The number of nitrogens with zero attached hydrogens (tertiary/aromatic N) is 4. The van der Waals surface area contributed by atoms with Crippen molar-refractivity contribution in [1.29, 1.82) is 0 Å². The number of hydrogen-bond donors (Lipinski definition) is 0. The predicted octanol–water partition coefficient (Wildman–Crippen LogP) is 1.30. The van der Waals surface area contributed by atoms with E-state index >= 15 is 0 Å². The van der Waals surface area contributed by atoms with Gasteiger partial charge >= 0.3 is 0 Å². The average molecular weight is 236 g/mol. The number of aromatic nitrogens is 3. The molecule has 0 aromatic carbocycles. The Bertz CT molecular complexity index is 431. The minimum absolute atomic E-state index is 0.548. The first-order valence-corrected chi connectivity index (χ1v) is 6.61. The van der Waals surface area contributed by atoms with Crippen molar-refractivity contribution in [2.24, 2.45) is 12.5 Å². The molecule has 1 spiro atoms. The van der Waals surface area contributed by atoms with Crippen LogP contribution in [0.5, 0.6) is 0 Å². The maximum absolute atomic E-state index is 5.21. The van der Waals surface area contributed by atoms with E-state index in [-0.39, 0.29) is 0 Å². The average Bonchev–Trinajstić information content (AvgIpc) is 3.00. The van der Waals surface area contributed by atoms with Crippen molar-refractivity contribution in [1.82, 2.24) is 19.6 Å². The highest BCUT2D eigenvalue weighted by Crippen LogP contribution is 2.54. The molecule has 4 rings (SSSR count). The van der Waals surface area contributed by atoms with Crippen molar-refractivity contribution in [3.05, 3.63) is 5.82 Å². The minimum Gasteiger partial charge on any atom is -0.302 e. The second-order valence-corrected chi connectivity index (χ2v) is 6.12. The van der Waals surface area contributed by atoms with Gasteiger partial charge in [0.25, 0.3) is 0 Å². The van der Waals surface area contributed by atoms with E-state index in [4.69, 9.17) is 4.84 Å². The molecule has 0 unspecified atom stereocenters. The monoisotopic (exact) mass is 236 g/mol. The molecule has 0 amide bonds. The molecule has 0 bridgehead atoms. The van der Waals surface area contributed by atoms with Gasteiger partial charge in [-0.2, -0.15) is 9.86 Å². The normalized spacial score (nSPS) is 28.4. The summed E-state index contributed by atoms with van der Waals surface area (Å²) in [5.74, 6) is 2.09. The van der Waals surface area contributed by atoms with E-state index in [0.717, 1.165) is 19.0 Å². The smallest absolute Gasteiger partial charge is 0.149 e. The molecule has 2 aliphatic carbocycles. The zero-order valence-electron chi connectivity index (χ0n) is 10.6. The summed E-state index contributed by atoms with van der Waals surface area (Å²) >= 11 is 0. The Morgan fingerprint density at radius 2 is 2.00 bits per heavy atom. The van der Waals surface area contributed by atoms with E-state index in [1.165, 1.54) is 31.5 Å². The Hall–Kier alpha value is -0.810. The van der Waals surface area contributed by atoms with Gasteiger partial charge in [-0.15, -0.1) is 5.10 Å². The van der Waals surface area contributed by atoms with Gasteiger partial charge in [0.15, 0.2) is 0 Å². The van der Waals surface area contributed by atoms with Crippen LogP contribution >= 0.6 is 0 Å². The third kappa shape index (κ3) is 1.35. The SMILES string of the molecule is CON1CC2(CC(n3nc(C4CC4)n3C)C2)C1. The lowest BCUT2D eigenvalue weighted by molar-refractivity contribution is -0.261. The molecule has 94 valence electrons. The molecule has 2 heterocycles. The Morgan fingerprint density at radius 3 is 2.53 bits per heavy atom. The topological polar surface area (TPSA) is 35.2 Å². The quantitative estimate of drug-likeness (QED) is 0.793. The first-order valence-electron chi connectivity index (χ1n) is 6.61. The summed E-state index contributed by atoms with van der Waals surface area (Å²) in [5, 5.41) is 6.73. The molecule has 1 saturated heterocycles. The highest BCUT2D eigenvalue weighted by Gasteiger charge is 2.54. The van der Waals surface area contributed by atoms with Crippen LogP contribution in [0.3, 0.4) is 0 Å².